The lowest BCUT2D eigenvalue weighted by Gasteiger charge is -2.13. The monoisotopic (exact) mass is 472 g/mol. The molecule has 0 fully saturated rings. The first-order chi connectivity index (χ1) is 15.5. The molecule has 3 aromatic heterocycles. The van der Waals surface area contributed by atoms with Gasteiger partial charge >= 0.3 is 0 Å². The third-order valence-electron chi connectivity index (χ3n) is 5.79. The number of thiophene rings is 1. The quantitative estimate of drug-likeness (QED) is 0.305. The number of carbonyl (C=O) groups excluding carboxylic acids is 2. The number of unbranched alkanes of at least 4 members (excludes halogenated alkanes) is 2. The Hall–Kier alpha value is -2.39. The van der Waals surface area contributed by atoms with Gasteiger partial charge in [-0.3, -0.25) is 24.3 Å². The van der Waals surface area contributed by atoms with Gasteiger partial charge in [0, 0.05) is 24.7 Å². The summed E-state index contributed by atoms with van der Waals surface area (Å²) in [6.07, 6.45) is 8.95. The summed E-state index contributed by atoms with van der Waals surface area (Å²) in [6, 6.07) is 3.41. The fourth-order valence-corrected chi connectivity index (χ4v) is 6.23. The van der Waals surface area contributed by atoms with Crippen LogP contribution in [0, 0.1) is 0 Å². The van der Waals surface area contributed by atoms with Crippen molar-refractivity contribution in [3.63, 3.8) is 0 Å². The van der Waals surface area contributed by atoms with Crippen LogP contribution in [0.3, 0.4) is 0 Å². The molecule has 0 aromatic carbocycles. The van der Waals surface area contributed by atoms with E-state index in [4.69, 9.17) is 4.98 Å². The lowest BCUT2D eigenvalue weighted by molar-refractivity contribution is -0.117. The Morgan fingerprint density at radius 2 is 2.06 bits per heavy atom. The summed E-state index contributed by atoms with van der Waals surface area (Å²) in [5, 5.41) is 3.75. The van der Waals surface area contributed by atoms with Gasteiger partial charge in [-0.25, -0.2) is 4.98 Å². The number of hydrogen-bond acceptors (Lipinski definition) is 6. The van der Waals surface area contributed by atoms with E-state index in [-0.39, 0.29) is 11.3 Å². The molecule has 2 amide bonds. The Kier molecular flexibility index (Phi) is 7.15. The average Bonchev–Trinajstić information content (AvgIpc) is 3.37. The van der Waals surface area contributed by atoms with E-state index in [1.807, 2.05) is 0 Å². The summed E-state index contributed by atoms with van der Waals surface area (Å²) < 4.78 is 3.39. The molecule has 1 aliphatic rings. The number of aromatic nitrogens is 3. The smallest absolute Gasteiger partial charge is 0.274 e. The highest BCUT2D eigenvalue weighted by molar-refractivity contribution is 7.99. The number of carbonyl (C=O) groups is 2. The van der Waals surface area contributed by atoms with Crippen molar-refractivity contribution in [1.29, 1.82) is 0 Å². The number of fused-ring (bicyclic) bond motifs is 3. The van der Waals surface area contributed by atoms with E-state index in [9.17, 15) is 14.4 Å². The first kappa shape index (κ1) is 22.8. The molecular weight excluding hydrogens is 444 g/mol. The van der Waals surface area contributed by atoms with E-state index < -0.39 is 11.8 Å². The molecule has 0 bridgehead atoms. The predicted octanol–water partition coefficient (Wildman–Crippen LogP) is 3.91. The molecule has 170 valence electrons. The molecule has 0 aliphatic heterocycles. The van der Waals surface area contributed by atoms with Crippen LogP contribution in [-0.2, 0) is 31.2 Å². The van der Waals surface area contributed by atoms with Crippen LogP contribution in [0.4, 0.5) is 0 Å². The third-order valence-corrected chi connectivity index (χ3v) is 7.95. The van der Waals surface area contributed by atoms with Gasteiger partial charge < -0.3 is 4.57 Å². The molecule has 1 aliphatic carbocycles. The zero-order valence-electron chi connectivity index (χ0n) is 18.5. The van der Waals surface area contributed by atoms with Gasteiger partial charge in [0.15, 0.2) is 5.16 Å². The minimum absolute atomic E-state index is 0.00768. The normalized spacial score (nSPS) is 13.3. The number of amides is 2. The predicted molar refractivity (Wildman–Crippen MR) is 129 cm³/mol. The molecule has 32 heavy (non-hydrogen) atoms. The van der Waals surface area contributed by atoms with Crippen LogP contribution < -0.4 is 10.9 Å². The minimum Gasteiger partial charge on any atom is -0.347 e. The van der Waals surface area contributed by atoms with Crippen LogP contribution in [0.1, 0.15) is 60.0 Å². The second-order valence-electron chi connectivity index (χ2n) is 8.12. The van der Waals surface area contributed by atoms with E-state index in [1.54, 1.807) is 45.8 Å². The number of hydrogen-bond donors (Lipinski definition) is 1. The highest BCUT2D eigenvalue weighted by Gasteiger charge is 2.23. The average molecular weight is 473 g/mol. The van der Waals surface area contributed by atoms with Crippen molar-refractivity contribution < 1.29 is 9.59 Å². The summed E-state index contributed by atoms with van der Waals surface area (Å²) >= 11 is 2.83. The molecule has 1 N–H and O–H groups in total. The Morgan fingerprint density at radius 3 is 2.81 bits per heavy atom. The highest BCUT2D eigenvalue weighted by atomic mass is 32.2. The number of nitrogens with one attached hydrogen (secondary N) is 1. The van der Waals surface area contributed by atoms with Crippen molar-refractivity contribution in [3.05, 3.63) is 44.8 Å². The maximum Gasteiger partial charge on any atom is 0.274 e. The standard InChI is InChI=1S/C23H28N4O3S2/c1-3-4-7-13-27-22(30)19-15-9-5-6-11-17(15)32-21(19)25-23(27)31-14-18(28)24-20(29)16-10-8-12-26(16)2/h8,10,12H,3-7,9,11,13-14H2,1-2H3,(H,24,28,29). The van der Waals surface area contributed by atoms with E-state index >= 15 is 0 Å². The lowest BCUT2D eigenvalue weighted by atomic mass is 9.97. The maximum atomic E-state index is 13.5. The largest absolute Gasteiger partial charge is 0.347 e. The first-order valence-electron chi connectivity index (χ1n) is 11.1. The van der Waals surface area contributed by atoms with E-state index in [2.05, 4.69) is 12.2 Å². The number of thioether (sulfide) groups is 1. The molecule has 0 spiro atoms. The molecule has 0 radical (unpaired) electrons. The Balaban J connectivity index is 1.57. The zero-order chi connectivity index (χ0) is 22.7. The topological polar surface area (TPSA) is 86.0 Å². The van der Waals surface area contributed by atoms with Crippen molar-refractivity contribution in [3.8, 4) is 0 Å². The van der Waals surface area contributed by atoms with Crippen molar-refractivity contribution in [2.24, 2.45) is 7.05 Å². The minimum atomic E-state index is -0.433. The molecule has 4 rings (SSSR count). The van der Waals surface area contributed by atoms with Gasteiger partial charge in [0.2, 0.25) is 5.91 Å². The van der Waals surface area contributed by atoms with Crippen LogP contribution in [0.5, 0.6) is 0 Å². The first-order valence-corrected chi connectivity index (χ1v) is 12.9. The van der Waals surface area contributed by atoms with Gasteiger partial charge in [0.25, 0.3) is 11.5 Å². The lowest BCUT2D eigenvalue weighted by Crippen LogP contribution is -2.33. The van der Waals surface area contributed by atoms with E-state index in [0.29, 0.717) is 17.4 Å². The van der Waals surface area contributed by atoms with Crippen LogP contribution in [0.2, 0.25) is 0 Å². The van der Waals surface area contributed by atoms with Crippen LogP contribution in [0.25, 0.3) is 10.2 Å². The summed E-state index contributed by atoms with van der Waals surface area (Å²) in [5.41, 5.74) is 1.61. The Bertz CT molecular complexity index is 1210. The number of nitrogens with zero attached hydrogens (tertiary/aromatic N) is 3. The highest BCUT2D eigenvalue weighted by Crippen LogP contribution is 2.34. The second kappa shape index (κ2) is 10.0. The van der Waals surface area contributed by atoms with Crippen molar-refractivity contribution >= 4 is 45.1 Å². The van der Waals surface area contributed by atoms with Crippen LogP contribution >= 0.6 is 23.1 Å². The molecule has 3 heterocycles. The van der Waals surface area contributed by atoms with Crippen LogP contribution in [-0.4, -0.2) is 31.7 Å². The molecule has 0 saturated carbocycles. The van der Waals surface area contributed by atoms with Gasteiger partial charge in [-0.15, -0.1) is 11.3 Å². The van der Waals surface area contributed by atoms with E-state index in [1.165, 1.54) is 22.2 Å². The van der Waals surface area contributed by atoms with Gasteiger partial charge in [0.1, 0.15) is 10.5 Å². The zero-order valence-corrected chi connectivity index (χ0v) is 20.1. The number of aryl methyl sites for hydroxylation is 3. The maximum absolute atomic E-state index is 13.5. The van der Waals surface area contributed by atoms with Crippen LogP contribution in [0.15, 0.2) is 28.3 Å². The molecular formula is C23H28N4O3S2. The summed E-state index contributed by atoms with van der Waals surface area (Å²) in [4.78, 5) is 45.1. The molecule has 3 aromatic rings. The van der Waals surface area contributed by atoms with Gasteiger partial charge in [-0.2, -0.15) is 0 Å². The molecule has 0 atom stereocenters. The van der Waals surface area contributed by atoms with Crippen molar-refractivity contribution in [2.75, 3.05) is 5.75 Å². The number of rotatable bonds is 8. The summed E-state index contributed by atoms with van der Waals surface area (Å²) in [6.45, 7) is 2.72. The Labute approximate surface area is 195 Å². The third kappa shape index (κ3) is 4.68. The SMILES string of the molecule is CCCCCn1c(SCC(=O)NC(=O)c2cccn2C)nc2sc3c(c2c1=O)CCCC3. The molecule has 9 heteroatoms. The van der Waals surface area contributed by atoms with Gasteiger partial charge in [-0.1, -0.05) is 31.5 Å². The van der Waals surface area contributed by atoms with Gasteiger partial charge in [0.05, 0.1) is 11.1 Å². The fourth-order valence-electron chi connectivity index (χ4n) is 4.10. The van der Waals surface area contributed by atoms with Gasteiger partial charge in [-0.05, 0) is 49.8 Å². The summed E-state index contributed by atoms with van der Waals surface area (Å²) in [5.74, 6) is -0.814. The van der Waals surface area contributed by atoms with Crippen molar-refractivity contribution in [1.82, 2.24) is 19.4 Å². The van der Waals surface area contributed by atoms with E-state index in [0.717, 1.165) is 55.2 Å². The number of imide groups is 1. The molecule has 0 saturated heterocycles. The second-order valence-corrected chi connectivity index (χ2v) is 10.1. The molecule has 0 unspecified atom stereocenters. The van der Waals surface area contributed by atoms with Crippen molar-refractivity contribution in [2.45, 2.75) is 63.6 Å². The Morgan fingerprint density at radius 1 is 1.25 bits per heavy atom. The fraction of sp³-hybridized carbons (Fsp3) is 0.478. The summed E-state index contributed by atoms with van der Waals surface area (Å²) in [7, 11) is 1.75. The molecule has 7 nitrogen and oxygen atoms in total.